The molecule has 0 saturated carbocycles. The second-order valence-corrected chi connectivity index (χ2v) is 6.84. The van der Waals surface area contributed by atoms with Gasteiger partial charge in [-0.25, -0.2) is 0 Å². The molecule has 3 rings (SSSR count). The molecule has 0 aromatic heterocycles. The first-order valence-electron chi connectivity index (χ1n) is 7.40. The maximum Gasteiger partial charge on any atom is 0.249 e. The van der Waals surface area contributed by atoms with Crippen molar-refractivity contribution in [2.45, 2.75) is 18.3 Å². The van der Waals surface area contributed by atoms with Gasteiger partial charge in [0.1, 0.15) is 0 Å². The van der Waals surface area contributed by atoms with Crippen molar-refractivity contribution in [3.63, 3.8) is 0 Å². The Kier molecular flexibility index (Phi) is 5.02. The van der Waals surface area contributed by atoms with Crippen molar-refractivity contribution in [2.24, 2.45) is 5.73 Å². The lowest BCUT2D eigenvalue weighted by molar-refractivity contribution is -0.122. The molecule has 2 aromatic carbocycles. The quantitative estimate of drug-likeness (QED) is 0.792. The first kappa shape index (κ1) is 16.7. The monoisotopic (exact) mass is 361 g/mol. The predicted octanol–water partition coefficient (Wildman–Crippen LogP) is 4.53. The molecule has 1 aliphatic heterocycles. The van der Waals surface area contributed by atoms with Gasteiger partial charge in [0.05, 0.1) is 17.3 Å². The molecular weight excluding hydrogens is 346 g/mol. The zero-order chi connectivity index (χ0) is 17.1. The number of rotatable bonds is 5. The molecule has 0 fully saturated rings. The molecule has 0 amide bonds. The fourth-order valence-electron chi connectivity index (χ4n) is 2.31. The van der Waals surface area contributed by atoms with Crippen LogP contribution >= 0.6 is 23.6 Å². The van der Waals surface area contributed by atoms with Crippen molar-refractivity contribution in [2.75, 3.05) is 0 Å². The second-order valence-electron chi connectivity index (χ2n) is 5.34. The molecule has 2 unspecified atom stereocenters. The summed E-state index contributed by atoms with van der Waals surface area (Å²) in [5, 5.41) is 0.641. The highest BCUT2D eigenvalue weighted by molar-refractivity contribution is 7.95. The normalized spacial score (nSPS) is 18.4. The van der Waals surface area contributed by atoms with Crippen molar-refractivity contribution in [3.8, 4) is 0 Å². The van der Waals surface area contributed by atoms with Gasteiger partial charge in [-0.15, -0.1) is 0 Å². The third kappa shape index (κ3) is 3.52. The first-order chi connectivity index (χ1) is 11.6. The largest absolute Gasteiger partial charge is 0.460 e. The van der Waals surface area contributed by atoms with Crippen LogP contribution in [-0.2, 0) is 13.7 Å². The van der Waals surface area contributed by atoms with Crippen LogP contribution in [0.1, 0.15) is 29.4 Å². The summed E-state index contributed by atoms with van der Waals surface area (Å²) < 4.78 is 11.1. The third-order valence-electron chi connectivity index (χ3n) is 3.65. The molecule has 4 nitrogen and oxygen atoms in total. The second kappa shape index (κ2) is 7.20. The molecule has 1 aliphatic rings. The minimum Gasteiger partial charge on any atom is -0.460 e. The van der Waals surface area contributed by atoms with Crippen LogP contribution in [0.2, 0.25) is 5.02 Å². The lowest BCUT2D eigenvalue weighted by Crippen LogP contribution is -2.10. The molecule has 1 heterocycles. The number of hydrogen-bond donors (Lipinski definition) is 1. The first-order valence-corrected chi connectivity index (χ1v) is 8.59. The molecule has 0 bridgehead atoms. The van der Waals surface area contributed by atoms with E-state index in [9.17, 15) is 4.79 Å². The van der Waals surface area contributed by atoms with Gasteiger partial charge in [0, 0.05) is 10.6 Å². The highest BCUT2D eigenvalue weighted by Crippen LogP contribution is 2.37. The summed E-state index contributed by atoms with van der Waals surface area (Å²) in [6.45, 7) is 1.99. The number of ketones is 1. The predicted molar refractivity (Wildman–Crippen MR) is 95.0 cm³/mol. The van der Waals surface area contributed by atoms with Crippen LogP contribution in [0.15, 0.2) is 66.2 Å². The fraction of sp³-hybridized carbons (Fsp3) is 0.167. The Morgan fingerprint density at radius 2 is 1.83 bits per heavy atom. The summed E-state index contributed by atoms with van der Waals surface area (Å²) in [4.78, 5) is 12.5. The standard InChI is InChI=1S/C18H16ClNO3S/c1-11(12-5-3-2-4-6-12)24-23-17-15(21)16(22-18(17)20)13-7-9-14(19)10-8-13/h2-11,16H,20H2,1H3. The highest BCUT2D eigenvalue weighted by Gasteiger charge is 2.37. The summed E-state index contributed by atoms with van der Waals surface area (Å²) >= 11 is 7.04. The van der Waals surface area contributed by atoms with Crippen molar-refractivity contribution in [3.05, 3.63) is 82.4 Å². The molecule has 0 spiro atoms. The summed E-state index contributed by atoms with van der Waals surface area (Å²) in [6, 6.07) is 16.8. The van der Waals surface area contributed by atoms with E-state index >= 15 is 0 Å². The van der Waals surface area contributed by atoms with E-state index in [1.165, 1.54) is 12.0 Å². The van der Waals surface area contributed by atoms with Gasteiger partial charge in [-0.2, -0.15) is 0 Å². The van der Waals surface area contributed by atoms with Gasteiger partial charge in [0.25, 0.3) is 0 Å². The van der Waals surface area contributed by atoms with E-state index in [1.54, 1.807) is 24.3 Å². The van der Waals surface area contributed by atoms with Gasteiger partial charge in [-0.3, -0.25) is 4.79 Å². The van der Waals surface area contributed by atoms with Crippen LogP contribution in [0.25, 0.3) is 0 Å². The molecular formula is C18H16ClNO3S. The summed E-state index contributed by atoms with van der Waals surface area (Å²) in [7, 11) is 0. The zero-order valence-corrected chi connectivity index (χ0v) is 14.5. The molecule has 2 atom stereocenters. The molecule has 0 aliphatic carbocycles. The lowest BCUT2D eigenvalue weighted by atomic mass is 10.1. The molecule has 24 heavy (non-hydrogen) atoms. The molecule has 0 radical (unpaired) electrons. The molecule has 2 aromatic rings. The SMILES string of the molecule is CC(SOC1=C(N)OC(c2ccc(Cl)cc2)C1=O)c1ccccc1. The Morgan fingerprint density at radius 3 is 2.50 bits per heavy atom. The smallest absolute Gasteiger partial charge is 0.249 e. The van der Waals surface area contributed by atoms with Crippen molar-refractivity contribution in [1.29, 1.82) is 0 Å². The number of halogens is 1. The van der Waals surface area contributed by atoms with E-state index in [2.05, 4.69) is 0 Å². The fourth-order valence-corrected chi connectivity index (χ4v) is 3.11. The van der Waals surface area contributed by atoms with Gasteiger partial charge in [0.15, 0.2) is 6.10 Å². The average Bonchev–Trinajstić information content (AvgIpc) is 2.88. The summed E-state index contributed by atoms with van der Waals surface area (Å²) in [5.41, 5.74) is 7.61. The molecule has 0 saturated heterocycles. The number of Topliss-reactive ketones (excluding diaryl/α,β-unsaturated/α-hetero) is 1. The number of ether oxygens (including phenoxy) is 1. The number of benzene rings is 2. The Balaban J connectivity index is 1.67. The Hall–Kier alpha value is -2.11. The van der Waals surface area contributed by atoms with Gasteiger partial charge in [-0.05, 0) is 24.6 Å². The highest BCUT2D eigenvalue weighted by atomic mass is 35.5. The van der Waals surface area contributed by atoms with Crippen LogP contribution in [-0.4, -0.2) is 5.78 Å². The minimum atomic E-state index is -0.787. The van der Waals surface area contributed by atoms with Gasteiger partial charge in [0.2, 0.25) is 17.4 Å². The topological polar surface area (TPSA) is 61.6 Å². The zero-order valence-electron chi connectivity index (χ0n) is 12.9. The number of carbonyl (C=O) groups is 1. The van der Waals surface area contributed by atoms with Crippen LogP contribution in [0.4, 0.5) is 0 Å². The van der Waals surface area contributed by atoms with Crippen molar-refractivity contribution in [1.82, 2.24) is 0 Å². The van der Waals surface area contributed by atoms with E-state index < -0.39 is 6.10 Å². The van der Waals surface area contributed by atoms with E-state index in [0.717, 1.165) is 5.56 Å². The van der Waals surface area contributed by atoms with Crippen LogP contribution in [0.5, 0.6) is 0 Å². The molecule has 2 N–H and O–H groups in total. The minimum absolute atomic E-state index is 0.00714. The van der Waals surface area contributed by atoms with Gasteiger partial charge in [-0.1, -0.05) is 54.1 Å². The van der Waals surface area contributed by atoms with E-state index in [0.29, 0.717) is 10.6 Å². The van der Waals surface area contributed by atoms with Crippen LogP contribution in [0, 0.1) is 0 Å². The average molecular weight is 362 g/mol. The summed E-state index contributed by atoms with van der Waals surface area (Å²) in [5.74, 6) is -0.224. The number of hydrogen-bond acceptors (Lipinski definition) is 5. The van der Waals surface area contributed by atoms with Crippen LogP contribution < -0.4 is 5.73 Å². The Morgan fingerprint density at radius 1 is 1.17 bits per heavy atom. The third-order valence-corrected chi connectivity index (χ3v) is 4.72. The maximum atomic E-state index is 12.5. The number of carbonyl (C=O) groups excluding carboxylic acids is 1. The van der Waals surface area contributed by atoms with Gasteiger partial charge >= 0.3 is 0 Å². The summed E-state index contributed by atoms with van der Waals surface area (Å²) in [6.07, 6.45) is -0.787. The number of nitrogens with two attached hydrogens (primary N) is 1. The molecule has 124 valence electrons. The molecule has 6 heteroatoms. The lowest BCUT2D eigenvalue weighted by Gasteiger charge is -2.11. The maximum absolute atomic E-state index is 12.5. The van der Waals surface area contributed by atoms with E-state index in [-0.39, 0.29) is 22.7 Å². The Bertz CT molecular complexity index is 762. The van der Waals surface area contributed by atoms with E-state index in [1.807, 2.05) is 37.3 Å². The van der Waals surface area contributed by atoms with Crippen molar-refractivity contribution >= 4 is 29.4 Å². The van der Waals surface area contributed by atoms with Crippen molar-refractivity contribution < 1.29 is 13.7 Å². The van der Waals surface area contributed by atoms with Gasteiger partial charge < -0.3 is 14.7 Å². The van der Waals surface area contributed by atoms with E-state index in [4.69, 9.17) is 26.3 Å². The Labute approximate surface area is 149 Å². The van der Waals surface area contributed by atoms with Crippen LogP contribution in [0.3, 0.4) is 0 Å².